The zero-order chi connectivity index (χ0) is 16.8. The summed E-state index contributed by atoms with van der Waals surface area (Å²) in [5.41, 5.74) is 3.61. The Morgan fingerprint density at radius 3 is 2.57 bits per heavy atom. The van der Waals surface area contributed by atoms with Crippen LogP contribution in [0, 0.1) is 10.1 Å². The van der Waals surface area contributed by atoms with Gasteiger partial charge in [0.15, 0.2) is 0 Å². The second kappa shape index (κ2) is 7.59. The SMILES string of the molecule is COc1cc(OC)c(/C=N\Nc2ccccc2[N+](=O)[O-])cc1Br. The van der Waals surface area contributed by atoms with E-state index in [9.17, 15) is 10.1 Å². The molecule has 0 aliphatic rings. The summed E-state index contributed by atoms with van der Waals surface area (Å²) in [6.45, 7) is 0. The summed E-state index contributed by atoms with van der Waals surface area (Å²) in [5.74, 6) is 1.20. The lowest BCUT2D eigenvalue weighted by molar-refractivity contribution is -0.384. The Morgan fingerprint density at radius 2 is 1.91 bits per heavy atom. The molecular weight excluding hydrogens is 366 g/mol. The van der Waals surface area contributed by atoms with Gasteiger partial charge < -0.3 is 9.47 Å². The fourth-order valence-electron chi connectivity index (χ4n) is 1.88. The largest absolute Gasteiger partial charge is 0.496 e. The molecular formula is C15H14BrN3O4. The van der Waals surface area contributed by atoms with Crippen LogP contribution in [0.25, 0.3) is 0 Å². The lowest BCUT2D eigenvalue weighted by Crippen LogP contribution is -1.98. The number of nitrogens with one attached hydrogen (secondary N) is 1. The van der Waals surface area contributed by atoms with Crippen LogP contribution in [-0.2, 0) is 0 Å². The summed E-state index contributed by atoms with van der Waals surface area (Å²) in [6, 6.07) is 9.77. The number of nitro benzene ring substituents is 1. The van der Waals surface area contributed by atoms with Crippen LogP contribution in [0.2, 0.25) is 0 Å². The summed E-state index contributed by atoms with van der Waals surface area (Å²) in [6.07, 6.45) is 1.51. The molecule has 120 valence electrons. The molecule has 0 aliphatic heterocycles. The van der Waals surface area contributed by atoms with E-state index >= 15 is 0 Å². The van der Waals surface area contributed by atoms with Crippen molar-refractivity contribution in [2.45, 2.75) is 0 Å². The molecule has 2 aromatic rings. The molecule has 1 N–H and O–H groups in total. The predicted octanol–water partition coefficient (Wildman–Crippen LogP) is 3.82. The van der Waals surface area contributed by atoms with Gasteiger partial charge in [0.25, 0.3) is 5.69 Å². The summed E-state index contributed by atoms with van der Waals surface area (Å²) in [5, 5.41) is 15.0. The van der Waals surface area contributed by atoms with Gasteiger partial charge in [0, 0.05) is 17.7 Å². The minimum atomic E-state index is -0.470. The van der Waals surface area contributed by atoms with E-state index in [0.29, 0.717) is 22.7 Å². The van der Waals surface area contributed by atoms with Crippen molar-refractivity contribution in [2.75, 3.05) is 19.6 Å². The van der Waals surface area contributed by atoms with Crippen LogP contribution in [0.4, 0.5) is 11.4 Å². The quantitative estimate of drug-likeness (QED) is 0.468. The Morgan fingerprint density at radius 1 is 1.22 bits per heavy atom. The average Bonchev–Trinajstić information content (AvgIpc) is 2.55. The van der Waals surface area contributed by atoms with Gasteiger partial charge in [0.2, 0.25) is 0 Å². The molecule has 0 bridgehead atoms. The monoisotopic (exact) mass is 379 g/mol. The molecule has 0 spiro atoms. The summed E-state index contributed by atoms with van der Waals surface area (Å²) >= 11 is 3.39. The van der Waals surface area contributed by atoms with Gasteiger partial charge in [-0.25, -0.2) is 0 Å². The van der Waals surface area contributed by atoms with Gasteiger partial charge in [-0.2, -0.15) is 5.10 Å². The third kappa shape index (κ3) is 3.98. The molecule has 0 unspecified atom stereocenters. The molecule has 8 heteroatoms. The molecule has 23 heavy (non-hydrogen) atoms. The minimum absolute atomic E-state index is 0.0486. The van der Waals surface area contributed by atoms with Gasteiger partial charge in [-0.1, -0.05) is 12.1 Å². The highest BCUT2D eigenvalue weighted by molar-refractivity contribution is 9.10. The number of methoxy groups -OCH3 is 2. The van der Waals surface area contributed by atoms with Crippen LogP contribution in [-0.4, -0.2) is 25.4 Å². The van der Waals surface area contributed by atoms with Gasteiger partial charge in [0.1, 0.15) is 17.2 Å². The van der Waals surface area contributed by atoms with Crippen LogP contribution < -0.4 is 14.9 Å². The second-order valence-electron chi connectivity index (χ2n) is 4.37. The lowest BCUT2D eigenvalue weighted by Gasteiger charge is -2.09. The Hall–Kier alpha value is -2.61. The van der Waals surface area contributed by atoms with Crippen molar-refractivity contribution in [1.29, 1.82) is 0 Å². The number of hydrogen-bond acceptors (Lipinski definition) is 6. The smallest absolute Gasteiger partial charge is 0.294 e. The van der Waals surface area contributed by atoms with Gasteiger partial charge in [-0.15, -0.1) is 0 Å². The predicted molar refractivity (Wildman–Crippen MR) is 91.6 cm³/mol. The molecule has 0 radical (unpaired) electrons. The lowest BCUT2D eigenvalue weighted by atomic mass is 10.2. The highest BCUT2D eigenvalue weighted by atomic mass is 79.9. The van der Waals surface area contributed by atoms with Gasteiger partial charge in [-0.3, -0.25) is 15.5 Å². The standard InChI is InChI=1S/C15H14BrN3O4/c1-22-14-8-15(23-2)11(16)7-10(14)9-17-18-12-5-3-4-6-13(12)19(20)21/h3-9,18H,1-2H3/b17-9-. The fraction of sp³-hybridized carbons (Fsp3) is 0.133. The molecule has 0 aliphatic carbocycles. The van der Waals surface area contributed by atoms with Crippen molar-refractivity contribution in [3.8, 4) is 11.5 Å². The van der Waals surface area contributed by atoms with Crippen LogP contribution in [0.1, 0.15) is 5.56 Å². The number of benzene rings is 2. The van der Waals surface area contributed by atoms with Crippen LogP contribution in [0.3, 0.4) is 0 Å². The van der Waals surface area contributed by atoms with Gasteiger partial charge in [0.05, 0.1) is 29.8 Å². The molecule has 0 saturated heterocycles. The number of para-hydroxylation sites is 2. The number of ether oxygens (including phenoxy) is 2. The zero-order valence-corrected chi connectivity index (χ0v) is 14.0. The van der Waals surface area contributed by atoms with Crippen molar-refractivity contribution in [3.63, 3.8) is 0 Å². The number of rotatable bonds is 6. The maximum Gasteiger partial charge on any atom is 0.294 e. The molecule has 0 saturated carbocycles. The normalized spacial score (nSPS) is 10.6. The van der Waals surface area contributed by atoms with E-state index in [1.165, 1.54) is 19.4 Å². The van der Waals surface area contributed by atoms with E-state index in [-0.39, 0.29) is 5.69 Å². The maximum atomic E-state index is 10.9. The second-order valence-corrected chi connectivity index (χ2v) is 5.23. The van der Waals surface area contributed by atoms with E-state index in [1.54, 1.807) is 37.4 Å². The molecule has 0 fully saturated rings. The topological polar surface area (TPSA) is 86.0 Å². The molecule has 7 nitrogen and oxygen atoms in total. The van der Waals surface area contributed by atoms with Crippen molar-refractivity contribution in [3.05, 3.63) is 56.5 Å². The van der Waals surface area contributed by atoms with Crippen LogP contribution in [0.15, 0.2) is 46.0 Å². The molecule has 0 atom stereocenters. The minimum Gasteiger partial charge on any atom is -0.496 e. The number of hydrogen-bond donors (Lipinski definition) is 1. The Bertz CT molecular complexity index is 749. The summed E-state index contributed by atoms with van der Waals surface area (Å²) in [7, 11) is 3.10. The van der Waals surface area contributed by atoms with Crippen molar-refractivity contribution < 1.29 is 14.4 Å². The zero-order valence-electron chi connectivity index (χ0n) is 12.4. The third-order valence-electron chi connectivity index (χ3n) is 2.99. The van der Waals surface area contributed by atoms with E-state index in [0.717, 1.165) is 4.47 Å². The van der Waals surface area contributed by atoms with Crippen LogP contribution >= 0.6 is 15.9 Å². The first-order valence-corrected chi connectivity index (χ1v) is 7.30. The molecule has 0 amide bonds. The Balaban J connectivity index is 2.25. The fourth-order valence-corrected chi connectivity index (χ4v) is 2.41. The molecule has 2 aromatic carbocycles. The Kier molecular flexibility index (Phi) is 5.53. The number of nitrogens with zero attached hydrogens (tertiary/aromatic N) is 2. The van der Waals surface area contributed by atoms with Gasteiger partial charge >= 0.3 is 0 Å². The van der Waals surface area contributed by atoms with Crippen molar-refractivity contribution >= 4 is 33.5 Å². The number of halogens is 1. The number of nitro groups is 1. The van der Waals surface area contributed by atoms with Crippen molar-refractivity contribution in [1.82, 2.24) is 0 Å². The maximum absolute atomic E-state index is 10.9. The van der Waals surface area contributed by atoms with E-state index in [1.807, 2.05) is 0 Å². The molecule has 0 heterocycles. The van der Waals surface area contributed by atoms with Crippen molar-refractivity contribution in [2.24, 2.45) is 5.10 Å². The number of anilines is 1. The Labute approximate surface area is 141 Å². The van der Waals surface area contributed by atoms with E-state index in [2.05, 4.69) is 26.5 Å². The first kappa shape index (κ1) is 16.8. The summed E-state index contributed by atoms with van der Waals surface area (Å²) in [4.78, 5) is 10.5. The number of hydrazone groups is 1. The van der Waals surface area contributed by atoms with Gasteiger partial charge in [-0.05, 0) is 28.1 Å². The molecule has 0 aromatic heterocycles. The molecule has 2 rings (SSSR count). The highest BCUT2D eigenvalue weighted by Gasteiger charge is 2.11. The third-order valence-corrected chi connectivity index (χ3v) is 3.61. The van der Waals surface area contributed by atoms with E-state index in [4.69, 9.17) is 9.47 Å². The first-order valence-electron chi connectivity index (χ1n) is 6.51. The highest BCUT2D eigenvalue weighted by Crippen LogP contribution is 2.32. The average molecular weight is 380 g/mol. The summed E-state index contributed by atoms with van der Waals surface area (Å²) < 4.78 is 11.2. The first-order chi connectivity index (χ1) is 11.1. The van der Waals surface area contributed by atoms with Crippen LogP contribution in [0.5, 0.6) is 11.5 Å². The van der Waals surface area contributed by atoms with E-state index < -0.39 is 4.92 Å².